The Balaban J connectivity index is 1.90. The van der Waals surface area contributed by atoms with E-state index in [9.17, 15) is 14.7 Å². The third-order valence-electron chi connectivity index (χ3n) is 5.30. The highest BCUT2D eigenvalue weighted by Crippen LogP contribution is 2.41. The van der Waals surface area contributed by atoms with Gasteiger partial charge in [0.15, 0.2) is 5.78 Å². The summed E-state index contributed by atoms with van der Waals surface area (Å²) in [6.07, 6.45) is 3.31. The Labute approximate surface area is 185 Å². The number of aryl methyl sites for hydroxylation is 2. The number of thiophene rings is 1. The van der Waals surface area contributed by atoms with E-state index in [0.717, 1.165) is 43.5 Å². The molecule has 3 aromatic carbocycles. The number of carbonyl (C=O) groups excluding carboxylic acids is 2. The molecule has 0 fully saturated rings. The van der Waals surface area contributed by atoms with E-state index in [-0.39, 0.29) is 17.3 Å². The molecule has 0 aliphatic carbocycles. The molecule has 0 radical (unpaired) electrons. The quantitative estimate of drug-likeness (QED) is 0.284. The van der Waals surface area contributed by atoms with Gasteiger partial charge in [-0.05, 0) is 67.3 Å². The van der Waals surface area contributed by atoms with Gasteiger partial charge in [0.1, 0.15) is 5.75 Å². The number of phenols is 1. The molecule has 0 unspecified atom stereocenters. The summed E-state index contributed by atoms with van der Waals surface area (Å²) in [6, 6.07) is 18.9. The third kappa shape index (κ3) is 4.07. The first kappa shape index (κ1) is 20.8. The number of hydrogen-bond acceptors (Lipinski definition) is 4. The van der Waals surface area contributed by atoms with Crippen molar-refractivity contribution in [3.63, 3.8) is 0 Å². The van der Waals surface area contributed by atoms with Gasteiger partial charge >= 0.3 is 0 Å². The van der Waals surface area contributed by atoms with Crippen molar-refractivity contribution in [2.24, 2.45) is 0 Å². The molecule has 0 amide bonds. The molecule has 4 rings (SSSR count). The molecule has 1 N–H and O–H groups in total. The van der Waals surface area contributed by atoms with Gasteiger partial charge < -0.3 is 5.11 Å². The molecule has 1 heterocycles. The van der Waals surface area contributed by atoms with E-state index < -0.39 is 0 Å². The molecule has 1 aromatic heterocycles. The maximum atomic E-state index is 13.7. The third-order valence-corrected chi connectivity index (χ3v) is 6.45. The topological polar surface area (TPSA) is 54.4 Å². The van der Waals surface area contributed by atoms with Crippen molar-refractivity contribution in [2.45, 2.75) is 20.8 Å². The van der Waals surface area contributed by atoms with Gasteiger partial charge in [0.25, 0.3) is 0 Å². The van der Waals surface area contributed by atoms with Crippen LogP contribution in [0, 0.1) is 13.8 Å². The van der Waals surface area contributed by atoms with Crippen LogP contribution in [0.4, 0.5) is 0 Å². The Kier molecular flexibility index (Phi) is 5.57. The summed E-state index contributed by atoms with van der Waals surface area (Å²) in [5.74, 6) is 0.164. The lowest BCUT2D eigenvalue weighted by atomic mass is 9.93. The van der Waals surface area contributed by atoms with Crippen LogP contribution < -0.4 is 0 Å². The summed E-state index contributed by atoms with van der Waals surface area (Å²) in [4.78, 5) is 25.5. The second-order valence-electron chi connectivity index (χ2n) is 7.65. The van der Waals surface area contributed by atoms with Crippen molar-refractivity contribution in [3.8, 4) is 16.9 Å². The summed E-state index contributed by atoms with van der Waals surface area (Å²) in [6.45, 7) is 5.42. The lowest BCUT2D eigenvalue weighted by molar-refractivity contribution is -0.112. The summed E-state index contributed by atoms with van der Waals surface area (Å²) >= 11 is 1.40. The molecular formula is C27H22O3S. The fourth-order valence-electron chi connectivity index (χ4n) is 3.79. The zero-order valence-corrected chi connectivity index (χ0v) is 18.4. The summed E-state index contributed by atoms with van der Waals surface area (Å²) in [5.41, 5.74) is 5.32. The van der Waals surface area contributed by atoms with Crippen molar-refractivity contribution in [1.29, 1.82) is 0 Å². The van der Waals surface area contributed by atoms with Gasteiger partial charge in [-0.2, -0.15) is 0 Å². The average molecular weight is 427 g/mol. The van der Waals surface area contributed by atoms with Crippen LogP contribution in [0.2, 0.25) is 0 Å². The minimum absolute atomic E-state index is 0.00537. The molecular weight excluding hydrogens is 404 g/mol. The summed E-state index contributed by atoms with van der Waals surface area (Å²) in [7, 11) is 0. The van der Waals surface area contributed by atoms with Crippen LogP contribution in [0.15, 0.2) is 66.7 Å². The van der Waals surface area contributed by atoms with E-state index in [1.165, 1.54) is 24.3 Å². The molecule has 0 aliphatic heterocycles. The molecule has 154 valence electrons. The zero-order chi connectivity index (χ0) is 22.1. The maximum absolute atomic E-state index is 13.7. The molecule has 0 atom stereocenters. The van der Waals surface area contributed by atoms with Gasteiger partial charge in [0.05, 0.1) is 4.88 Å². The molecule has 0 saturated heterocycles. The molecule has 31 heavy (non-hydrogen) atoms. The number of fused-ring (bicyclic) bond motifs is 1. The Morgan fingerprint density at radius 2 is 1.61 bits per heavy atom. The van der Waals surface area contributed by atoms with Crippen LogP contribution in [0.5, 0.6) is 5.75 Å². The molecule has 0 bridgehead atoms. The Morgan fingerprint density at radius 1 is 0.935 bits per heavy atom. The van der Waals surface area contributed by atoms with Crippen LogP contribution in [-0.2, 0) is 4.79 Å². The molecule has 4 aromatic rings. The summed E-state index contributed by atoms with van der Waals surface area (Å²) < 4.78 is 0.866. The van der Waals surface area contributed by atoms with Crippen LogP contribution in [-0.4, -0.2) is 16.7 Å². The normalized spacial score (nSPS) is 11.3. The smallest absolute Gasteiger partial charge is 0.204 e. The Bertz CT molecular complexity index is 1320. The monoisotopic (exact) mass is 426 g/mol. The Morgan fingerprint density at radius 3 is 2.26 bits per heavy atom. The van der Waals surface area contributed by atoms with E-state index >= 15 is 0 Å². The predicted octanol–water partition coefficient (Wildman–Crippen LogP) is 6.72. The molecule has 0 saturated carbocycles. The van der Waals surface area contributed by atoms with Crippen LogP contribution in [0.1, 0.15) is 38.8 Å². The number of benzene rings is 3. The van der Waals surface area contributed by atoms with Crippen LogP contribution in [0.25, 0.3) is 27.3 Å². The first-order valence-corrected chi connectivity index (χ1v) is 10.8. The van der Waals surface area contributed by atoms with Gasteiger partial charge in [-0.15, -0.1) is 11.3 Å². The number of aromatic hydroxyl groups is 1. The van der Waals surface area contributed by atoms with E-state index in [0.29, 0.717) is 4.88 Å². The number of carbonyl (C=O) groups is 2. The van der Waals surface area contributed by atoms with Crippen molar-refractivity contribution < 1.29 is 14.7 Å². The number of hydrogen-bond donors (Lipinski definition) is 1. The van der Waals surface area contributed by atoms with Gasteiger partial charge in [-0.25, -0.2) is 0 Å². The van der Waals surface area contributed by atoms with Gasteiger partial charge in [-0.3, -0.25) is 9.59 Å². The minimum atomic E-state index is -0.00755. The molecule has 0 aliphatic rings. The fourth-order valence-corrected chi connectivity index (χ4v) is 5.00. The molecule has 4 heteroatoms. The first-order chi connectivity index (χ1) is 14.8. The standard InChI is InChI=1S/C27H22O3S/c1-16-5-4-6-17(2)24(16)26(30)27-25(22-14-13-21(29)15-23(22)31-27)20-11-9-19(10-12-20)8-7-18(3)28/h4-15,29H,1-3H3/b8-7+. The Hall–Kier alpha value is -3.50. The molecule has 3 nitrogen and oxygen atoms in total. The number of phenolic OH excluding ortho intramolecular Hbond substituents is 1. The average Bonchev–Trinajstić information content (AvgIpc) is 3.11. The molecule has 0 spiro atoms. The van der Waals surface area contributed by atoms with Crippen molar-refractivity contribution in [3.05, 3.63) is 93.9 Å². The van der Waals surface area contributed by atoms with E-state index in [2.05, 4.69) is 0 Å². The summed E-state index contributed by atoms with van der Waals surface area (Å²) in [5, 5.41) is 10.9. The fraction of sp³-hybridized carbons (Fsp3) is 0.111. The van der Waals surface area contributed by atoms with Crippen LogP contribution in [0.3, 0.4) is 0 Å². The highest BCUT2D eigenvalue weighted by atomic mass is 32.1. The van der Waals surface area contributed by atoms with E-state index in [1.54, 1.807) is 18.2 Å². The lowest BCUT2D eigenvalue weighted by Crippen LogP contribution is -2.05. The number of ketones is 2. The maximum Gasteiger partial charge on any atom is 0.204 e. The van der Waals surface area contributed by atoms with Crippen molar-refractivity contribution in [1.82, 2.24) is 0 Å². The lowest BCUT2D eigenvalue weighted by Gasteiger charge is -2.10. The number of rotatable bonds is 5. The van der Waals surface area contributed by atoms with Gasteiger partial charge in [0, 0.05) is 21.2 Å². The second-order valence-corrected chi connectivity index (χ2v) is 8.70. The SMILES string of the molecule is CC(=O)/C=C/c1ccc(-c2c(C(=O)c3c(C)cccc3C)sc3cc(O)ccc23)cc1. The second kappa shape index (κ2) is 8.32. The van der Waals surface area contributed by atoms with Gasteiger partial charge in [0.2, 0.25) is 5.78 Å². The van der Waals surface area contributed by atoms with E-state index in [1.807, 2.05) is 62.4 Å². The predicted molar refractivity (Wildman–Crippen MR) is 128 cm³/mol. The van der Waals surface area contributed by atoms with Gasteiger partial charge in [-0.1, -0.05) is 48.5 Å². The number of allylic oxidation sites excluding steroid dienone is 1. The minimum Gasteiger partial charge on any atom is -0.508 e. The van der Waals surface area contributed by atoms with E-state index in [4.69, 9.17) is 0 Å². The highest BCUT2D eigenvalue weighted by Gasteiger charge is 2.23. The zero-order valence-electron chi connectivity index (χ0n) is 17.6. The van der Waals surface area contributed by atoms with Crippen molar-refractivity contribution in [2.75, 3.05) is 0 Å². The van der Waals surface area contributed by atoms with Crippen LogP contribution >= 0.6 is 11.3 Å². The van der Waals surface area contributed by atoms with Crippen molar-refractivity contribution >= 4 is 39.1 Å². The largest absolute Gasteiger partial charge is 0.508 e. The first-order valence-electron chi connectivity index (χ1n) is 10.0. The highest BCUT2D eigenvalue weighted by molar-refractivity contribution is 7.21.